The monoisotopic (exact) mass is 263 g/mol. The van der Waals surface area contributed by atoms with E-state index in [2.05, 4.69) is 0 Å². The van der Waals surface area contributed by atoms with Gasteiger partial charge in [-0.25, -0.2) is 0 Å². The summed E-state index contributed by atoms with van der Waals surface area (Å²) >= 11 is 7.73. The highest BCUT2D eigenvalue weighted by atomic mass is 35.5. The molecular formula is C13H10ClNOS. The number of rotatable bonds is 2. The van der Waals surface area contributed by atoms with E-state index in [9.17, 15) is 0 Å². The van der Waals surface area contributed by atoms with E-state index in [1.54, 1.807) is 11.3 Å². The van der Waals surface area contributed by atoms with Crippen LogP contribution in [0.3, 0.4) is 0 Å². The molecule has 2 heterocycles. The topological polar surface area (TPSA) is 39.2 Å². The van der Waals surface area contributed by atoms with Crippen LogP contribution in [0.15, 0.2) is 40.8 Å². The molecule has 0 spiro atoms. The van der Waals surface area contributed by atoms with Crippen LogP contribution >= 0.6 is 22.9 Å². The van der Waals surface area contributed by atoms with Crippen LogP contribution in [0, 0.1) is 0 Å². The number of benzene rings is 1. The van der Waals surface area contributed by atoms with Crippen molar-refractivity contribution in [3.8, 4) is 10.6 Å². The maximum absolute atomic E-state index is 6.08. The van der Waals surface area contributed by atoms with Gasteiger partial charge in [0.1, 0.15) is 5.76 Å². The average molecular weight is 264 g/mol. The van der Waals surface area contributed by atoms with Gasteiger partial charge in [-0.3, -0.25) is 0 Å². The zero-order valence-electron chi connectivity index (χ0n) is 8.94. The van der Waals surface area contributed by atoms with Gasteiger partial charge in [-0.05, 0) is 24.3 Å². The van der Waals surface area contributed by atoms with E-state index in [-0.39, 0.29) is 0 Å². The first-order valence-corrected chi connectivity index (χ1v) is 6.44. The van der Waals surface area contributed by atoms with Crippen molar-refractivity contribution in [2.75, 3.05) is 0 Å². The Balaban J connectivity index is 2.14. The number of hydrogen-bond acceptors (Lipinski definition) is 3. The second-order valence-corrected chi connectivity index (χ2v) is 5.31. The predicted octanol–water partition coefficient (Wildman–Crippen LogP) is 4.27. The summed E-state index contributed by atoms with van der Waals surface area (Å²) in [6, 6.07) is 11.8. The number of hydrogen-bond donors (Lipinski definition) is 1. The Hall–Kier alpha value is -1.29. The lowest BCUT2D eigenvalue weighted by atomic mass is 10.2. The molecule has 0 aliphatic heterocycles. The standard InChI is InChI=1S/C13H10ClNOS/c14-10-3-1-2-8-6-11(16-13(8)10)12-5-4-9(7-15)17-12/h1-6H,7,15H2. The highest BCUT2D eigenvalue weighted by Gasteiger charge is 2.10. The molecular weight excluding hydrogens is 254 g/mol. The maximum atomic E-state index is 6.08. The molecule has 0 atom stereocenters. The van der Waals surface area contributed by atoms with Crippen LogP contribution in [0.2, 0.25) is 5.02 Å². The molecule has 0 radical (unpaired) electrons. The SMILES string of the molecule is NCc1ccc(-c2cc3cccc(Cl)c3o2)s1. The van der Waals surface area contributed by atoms with Gasteiger partial charge < -0.3 is 10.2 Å². The lowest BCUT2D eigenvalue weighted by Gasteiger charge is -1.90. The van der Waals surface area contributed by atoms with E-state index in [1.807, 2.05) is 36.4 Å². The number of halogens is 1. The average Bonchev–Trinajstić information content (AvgIpc) is 2.95. The molecule has 2 N–H and O–H groups in total. The Morgan fingerprint density at radius 1 is 1.24 bits per heavy atom. The first-order valence-electron chi connectivity index (χ1n) is 5.25. The van der Waals surface area contributed by atoms with Gasteiger partial charge in [-0.2, -0.15) is 0 Å². The Bertz CT molecular complexity index is 671. The van der Waals surface area contributed by atoms with Crippen LogP contribution in [0.5, 0.6) is 0 Å². The lowest BCUT2D eigenvalue weighted by Crippen LogP contribution is -1.90. The second kappa shape index (κ2) is 4.18. The van der Waals surface area contributed by atoms with Crippen LogP contribution in [0.1, 0.15) is 4.88 Å². The molecule has 4 heteroatoms. The number of para-hydroxylation sites is 1. The van der Waals surface area contributed by atoms with Crippen molar-refractivity contribution in [2.45, 2.75) is 6.54 Å². The largest absolute Gasteiger partial charge is 0.454 e. The van der Waals surface area contributed by atoms with E-state index in [0.717, 1.165) is 26.5 Å². The van der Waals surface area contributed by atoms with Gasteiger partial charge in [0, 0.05) is 16.8 Å². The third-order valence-electron chi connectivity index (χ3n) is 2.60. The first kappa shape index (κ1) is 10.8. The fourth-order valence-electron chi connectivity index (χ4n) is 1.77. The third-order valence-corrected chi connectivity index (χ3v) is 4.02. The van der Waals surface area contributed by atoms with Gasteiger partial charge in [0.2, 0.25) is 0 Å². The number of furan rings is 1. The fourth-order valence-corrected chi connectivity index (χ4v) is 2.83. The number of thiophene rings is 1. The number of fused-ring (bicyclic) bond motifs is 1. The lowest BCUT2D eigenvalue weighted by molar-refractivity contribution is 0.633. The third kappa shape index (κ3) is 1.86. The van der Waals surface area contributed by atoms with Gasteiger partial charge in [-0.15, -0.1) is 11.3 Å². The normalized spacial score (nSPS) is 11.2. The van der Waals surface area contributed by atoms with Gasteiger partial charge in [0.15, 0.2) is 5.58 Å². The minimum atomic E-state index is 0.561. The van der Waals surface area contributed by atoms with Crippen molar-refractivity contribution in [1.82, 2.24) is 0 Å². The summed E-state index contributed by atoms with van der Waals surface area (Å²) in [5.74, 6) is 0.845. The molecule has 0 aliphatic carbocycles. The molecule has 0 aliphatic rings. The van der Waals surface area contributed by atoms with Crippen LogP contribution in [-0.2, 0) is 6.54 Å². The summed E-state index contributed by atoms with van der Waals surface area (Å²) in [6.45, 7) is 0.561. The molecule has 2 aromatic heterocycles. The van der Waals surface area contributed by atoms with E-state index >= 15 is 0 Å². The van der Waals surface area contributed by atoms with E-state index in [0.29, 0.717) is 11.6 Å². The molecule has 0 amide bonds. The van der Waals surface area contributed by atoms with Crippen molar-refractivity contribution in [3.05, 3.63) is 46.3 Å². The minimum absolute atomic E-state index is 0.561. The van der Waals surface area contributed by atoms with E-state index in [1.165, 1.54) is 0 Å². The van der Waals surface area contributed by atoms with Crippen molar-refractivity contribution >= 4 is 33.9 Å². The summed E-state index contributed by atoms with van der Waals surface area (Å²) in [6.07, 6.45) is 0. The molecule has 86 valence electrons. The Morgan fingerprint density at radius 2 is 2.12 bits per heavy atom. The summed E-state index contributed by atoms with van der Waals surface area (Å²) in [4.78, 5) is 2.23. The minimum Gasteiger partial charge on any atom is -0.454 e. The molecule has 0 bridgehead atoms. The summed E-state index contributed by atoms with van der Waals surface area (Å²) in [5.41, 5.74) is 6.34. The van der Waals surface area contributed by atoms with Gasteiger partial charge in [0.25, 0.3) is 0 Å². The molecule has 0 fully saturated rings. The van der Waals surface area contributed by atoms with Gasteiger partial charge >= 0.3 is 0 Å². The van der Waals surface area contributed by atoms with Crippen molar-refractivity contribution < 1.29 is 4.42 Å². The maximum Gasteiger partial charge on any atom is 0.153 e. The van der Waals surface area contributed by atoms with Gasteiger partial charge in [-0.1, -0.05) is 23.7 Å². The smallest absolute Gasteiger partial charge is 0.153 e. The van der Waals surface area contributed by atoms with Crippen LogP contribution in [0.4, 0.5) is 0 Å². The highest BCUT2D eigenvalue weighted by molar-refractivity contribution is 7.15. The quantitative estimate of drug-likeness (QED) is 0.750. The fraction of sp³-hybridized carbons (Fsp3) is 0.0769. The van der Waals surface area contributed by atoms with Gasteiger partial charge in [0.05, 0.1) is 9.90 Å². The van der Waals surface area contributed by atoms with Crippen molar-refractivity contribution in [2.24, 2.45) is 5.73 Å². The zero-order valence-corrected chi connectivity index (χ0v) is 10.5. The molecule has 0 saturated carbocycles. The molecule has 3 rings (SSSR count). The molecule has 2 nitrogen and oxygen atoms in total. The second-order valence-electron chi connectivity index (χ2n) is 3.74. The van der Waals surface area contributed by atoms with Crippen LogP contribution < -0.4 is 5.73 Å². The molecule has 1 aromatic carbocycles. The number of nitrogens with two attached hydrogens (primary N) is 1. The Labute approximate surface area is 108 Å². The predicted molar refractivity (Wildman–Crippen MR) is 72.4 cm³/mol. The van der Waals surface area contributed by atoms with E-state index < -0.39 is 0 Å². The van der Waals surface area contributed by atoms with Crippen molar-refractivity contribution in [3.63, 3.8) is 0 Å². The van der Waals surface area contributed by atoms with Crippen molar-refractivity contribution in [1.29, 1.82) is 0 Å². The highest BCUT2D eigenvalue weighted by Crippen LogP contribution is 2.35. The zero-order chi connectivity index (χ0) is 11.8. The first-order chi connectivity index (χ1) is 8.28. The Morgan fingerprint density at radius 3 is 2.82 bits per heavy atom. The molecule has 0 unspecified atom stereocenters. The summed E-state index contributed by atoms with van der Waals surface area (Å²) < 4.78 is 5.78. The molecule has 17 heavy (non-hydrogen) atoms. The molecule has 3 aromatic rings. The van der Waals surface area contributed by atoms with Crippen LogP contribution in [0.25, 0.3) is 21.6 Å². The molecule has 0 saturated heterocycles. The summed E-state index contributed by atoms with van der Waals surface area (Å²) in [7, 11) is 0. The summed E-state index contributed by atoms with van der Waals surface area (Å²) in [5, 5.41) is 1.67. The van der Waals surface area contributed by atoms with E-state index in [4.69, 9.17) is 21.8 Å². The van der Waals surface area contributed by atoms with Crippen LogP contribution in [-0.4, -0.2) is 0 Å². The Kier molecular flexibility index (Phi) is 2.67.